The van der Waals surface area contributed by atoms with Crippen LogP contribution in [0.15, 0.2) is 83.1 Å². The van der Waals surface area contributed by atoms with Gasteiger partial charge in [0.25, 0.3) is 15.9 Å². The first-order valence-corrected chi connectivity index (χ1v) is 14.0. The molecule has 0 radical (unpaired) electrons. The molecule has 1 amide bonds. The molecule has 1 aliphatic rings. The number of aromatic nitrogens is 1. The highest BCUT2D eigenvalue weighted by atomic mass is 32.2. The second-order valence-corrected chi connectivity index (χ2v) is 11.4. The van der Waals surface area contributed by atoms with Crippen molar-refractivity contribution in [1.82, 2.24) is 4.98 Å². The number of carbonyl (C=O) groups is 2. The summed E-state index contributed by atoms with van der Waals surface area (Å²) in [5.74, 6) is -1.80. The molecule has 2 heterocycles. The van der Waals surface area contributed by atoms with Crippen molar-refractivity contribution in [3.05, 3.63) is 95.1 Å². The van der Waals surface area contributed by atoms with Crippen LogP contribution in [0.1, 0.15) is 22.8 Å². The number of ether oxygens (including phenoxy) is 1. The van der Waals surface area contributed by atoms with Gasteiger partial charge in [0, 0.05) is 17.0 Å². The van der Waals surface area contributed by atoms with Gasteiger partial charge in [0.05, 0.1) is 21.8 Å². The Labute approximate surface area is 222 Å². The fraction of sp³-hybridized carbons (Fsp3) is 0.148. The highest BCUT2D eigenvalue weighted by Crippen LogP contribution is 2.36. The molecule has 0 saturated carbocycles. The molecule has 1 N–H and O–H groups in total. The van der Waals surface area contributed by atoms with Crippen molar-refractivity contribution in [2.75, 3.05) is 16.2 Å². The Balaban J connectivity index is 1.23. The van der Waals surface area contributed by atoms with Crippen LogP contribution in [0.5, 0.6) is 0 Å². The summed E-state index contributed by atoms with van der Waals surface area (Å²) in [6, 6.07) is 18.4. The van der Waals surface area contributed by atoms with E-state index in [0.29, 0.717) is 28.5 Å². The number of esters is 1. The lowest BCUT2D eigenvalue weighted by Gasteiger charge is -2.24. The lowest BCUT2D eigenvalue weighted by atomic mass is 10.1. The van der Waals surface area contributed by atoms with E-state index in [9.17, 15) is 22.4 Å². The number of amides is 1. The molecule has 1 aliphatic heterocycles. The summed E-state index contributed by atoms with van der Waals surface area (Å²) < 4.78 is 46.5. The van der Waals surface area contributed by atoms with E-state index in [1.165, 1.54) is 52.0 Å². The fourth-order valence-corrected chi connectivity index (χ4v) is 6.73. The quantitative estimate of drug-likeness (QED) is 0.328. The maximum absolute atomic E-state index is 13.5. The van der Waals surface area contributed by atoms with Gasteiger partial charge in [-0.3, -0.25) is 14.4 Å². The van der Waals surface area contributed by atoms with E-state index in [4.69, 9.17) is 4.74 Å². The molecule has 5 rings (SSSR count). The molecule has 0 fully saturated rings. The molecule has 38 heavy (non-hydrogen) atoms. The summed E-state index contributed by atoms with van der Waals surface area (Å²) in [5.41, 5.74) is 2.82. The number of fused-ring (bicyclic) bond motifs is 1. The normalized spacial score (nSPS) is 14.7. The molecule has 8 nitrogen and oxygen atoms in total. The van der Waals surface area contributed by atoms with E-state index in [1.54, 1.807) is 29.6 Å². The molecule has 4 aromatic rings. The number of hydrogen-bond acceptors (Lipinski definition) is 7. The minimum absolute atomic E-state index is 0.00635. The number of benzene rings is 3. The Bertz CT molecular complexity index is 1620. The molecule has 0 saturated heterocycles. The monoisotopic (exact) mass is 551 g/mol. The van der Waals surface area contributed by atoms with Gasteiger partial charge in [0.15, 0.2) is 11.7 Å². The van der Waals surface area contributed by atoms with Gasteiger partial charge in [-0.25, -0.2) is 22.6 Å². The fourth-order valence-electron chi connectivity index (χ4n) is 4.25. The second kappa shape index (κ2) is 10.3. The molecular formula is C27H22FN3O5S2. The van der Waals surface area contributed by atoms with Crippen LogP contribution >= 0.6 is 11.3 Å². The van der Waals surface area contributed by atoms with Crippen LogP contribution in [-0.4, -0.2) is 37.9 Å². The number of halogens is 1. The molecule has 0 bridgehead atoms. The maximum Gasteiger partial charge on any atom is 0.338 e. The molecule has 0 spiro atoms. The van der Waals surface area contributed by atoms with Gasteiger partial charge in [-0.05, 0) is 67.4 Å². The van der Waals surface area contributed by atoms with Crippen LogP contribution in [0, 0.1) is 5.82 Å². The van der Waals surface area contributed by atoms with Crippen molar-refractivity contribution in [3.63, 3.8) is 0 Å². The van der Waals surface area contributed by atoms with Crippen LogP contribution in [0.25, 0.3) is 11.3 Å². The van der Waals surface area contributed by atoms with E-state index in [-0.39, 0.29) is 22.3 Å². The number of thiazole rings is 1. The third-order valence-corrected chi connectivity index (χ3v) is 8.68. The van der Waals surface area contributed by atoms with Crippen LogP contribution in [0.3, 0.4) is 0 Å². The average Bonchev–Trinajstić information content (AvgIpc) is 3.51. The number of hydrogen-bond donors (Lipinski definition) is 1. The van der Waals surface area contributed by atoms with Crippen molar-refractivity contribution in [1.29, 1.82) is 0 Å². The Morgan fingerprint density at radius 2 is 1.87 bits per heavy atom. The third kappa shape index (κ3) is 5.15. The molecule has 0 unspecified atom stereocenters. The van der Waals surface area contributed by atoms with Gasteiger partial charge in [0.2, 0.25) is 0 Å². The average molecular weight is 552 g/mol. The molecule has 11 heteroatoms. The Kier molecular flexibility index (Phi) is 6.96. The van der Waals surface area contributed by atoms with Crippen LogP contribution in [0.4, 0.5) is 15.2 Å². The lowest BCUT2D eigenvalue weighted by molar-refractivity contribution is -0.119. The second-order valence-electron chi connectivity index (χ2n) is 8.68. The van der Waals surface area contributed by atoms with Crippen molar-refractivity contribution in [2.24, 2.45) is 0 Å². The first kappa shape index (κ1) is 25.6. The summed E-state index contributed by atoms with van der Waals surface area (Å²) in [5, 5.41) is 4.55. The summed E-state index contributed by atoms with van der Waals surface area (Å²) in [6.07, 6.45) is 0.594. The maximum atomic E-state index is 13.5. The number of para-hydroxylation sites is 1. The number of nitrogens with zero attached hydrogens (tertiary/aromatic N) is 2. The van der Waals surface area contributed by atoms with E-state index in [0.717, 1.165) is 5.56 Å². The summed E-state index contributed by atoms with van der Waals surface area (Å²) in [4.78, 5) is 29.2. The van der Waals surface area contributed by atoms with Gasteiger partial charge in [-0.15, -0.1) is 11.3 Å². The minimum Gasteiger partial charge on any atom is -0.452 e. The van der Waals surface area contributed by atoms with Crippen molar-refractivity contribution in [3.8, 4) is 11.3 Å². The van der Waals surface area contributed by atoms with E-state index >= 15 is 0 Å². The van der Waals surface area contributed by atoms with Gasteiger partial charge in [-0.2, -0.15) is 0 Å². The SMILES string of the molecule is C[C@H]1Cc2ccccc2N1S(=O)(=O)c1cccc(C(=O)OCC(=O)Nc2nc(-c3ccc(F)cc3)cs2)c1. The number of anilines is 2. The molecule has 1 atom stereocenters. The predicted octanol–water partition coefficient (Wildman–Crippen LogP) is 4.88. The highest BCUT2D eigenvalue weighted by Gasteiger charge is 2.36. The first-order chi connectivity index (χ1) is 18.2. The standard InChI is InChI=1S/C27H22FN3O5S2/c1-17-13-19-5-2-3-8-24(19)31(17)38(34,35)22-7-4-6-20(14-22)26(33)36-15-25(32)30-27-29-23(16-37-27)18-9-11-21(28)12-10-18/h2-12,14,16-17H,13,15H2,1H3,(H,29,30,32)/t17-/m0/s1. The van der Waals surface area contributed by atoms with Crippen molar-refractivity contribution >= 4 is 44.1 Å². The molecule has 194 valence electrons. The smallest absolute Gasteiger partial charge is 0.338 e. The largest absolute Gasteiger partial charge is 0.452 e. The predicted molar refractivity (Wildman–Crippen MR) is 142 cm³/mol. The zero-order valence-corrected chi connectivity index (χ0v) is 21.8. The summed E-state index contributed by atoms with van der Waals surface area (Å²) in [6.45, 7) is 1.25. The Morgan fingerprint density at radius 3 is 2.66 bits per heavy atom. The van der Waals surface area contributed by atoms with E-state index in [2.05, 4.69) is 10.3 Å². The van der Waals surface area contributed by atoms with Crippen LogP contribution in [0.2, 0.25) is 0 Å². The number of sulfonamides is 1. The topological polar surface area (TPSA) is 106 Å². The van der Waals surface area contributed by atoms with Gasteiger partial charge >= 0.3 is 5.97 Å². The van der Waals surface area contributed by atoms with Gasteiger partial charge in [-0.1, -0.05) is 24.3 Å². The zero-order chi connectivity index (χ0) is 26.9. The molecular weight excluding hydrogens is 529 g/mol. The number of nitrogens with one attached hydrogen (secondary N) is 1. The Hall–Kier alpha value is -4.09. The van der Waals surface area contributed by atoms with Crippen LogP contribution < -0.4 is 9.62 Å². The molecule has 3 aromatic carbocycles. The number of carbonyl (C=O) groups excluding carboxylic acids is 2. The van der Waals surface area contributed by atoms with Crippen molar-refractivity contribution in [2.45, 2.75) is 24.3 Å². The Morgan fingerprint density at radius 1 is 1.11 bits per heavy atom. The van der Waals surface area contributed by atoms with Gasteiger partial charge in [0.1, 0.15) is 5.82 Å². The van der Waals surface area contributed by atoms with Gasteiger partial charge < -0.3 is 4.74 Å². The van der Waals surface area contributed by atoms with E-state index in [1.807, 2.05) is 19.1 Å². The highest BCUT2D eigenvalue weighted by molar-refractivity contribution is 7.92. The lowest BCUT2D eigenvalue weighted by Crippen LogP contribution is -2.35. The van der Waals surface area contributed by atoms with E-state index < -0.39 is 28.5 Å². The first-order valence-electron chi connectivity index (χ1n) is 11.6. The van der Waals surface area contributed by atoms with Crippen LogP contribution in [-0.2, 0) is 26.0 Å². The summed E-state index contributed by atoms with van der Waals surface area (Å²) >= 11 is 1.17. The third-order valence-electron chi connectivity index (χ3n) is 6.00. The molecule has 1 aromatic heterocycles. The summed E-state index contributed by atoms with van der Waals surface area (Å²) in [7, 11) is -3.93. The van der Waals surface area contributed by atoms with Crippen molar-refractivity contribution < 1.29 is 27.1 Å². The molecule has 0 aliphatic carbocycles. The number of rotatable bonds is 7. The zero-order valence-electron chi connectivity index (χ0n) is 20.1. The minimum atomic E-state index is -3.93.